The fraction of sp³-hybridized carbons (Fsp3) is 0.139. The van der Waals surface area contributed by atoms with Crippen LogP contribution in [0.3, 0.4) is 0 Å². The summed E-state index contributed by atoms with van der Waals surface area (Å²) in [5.41, 5.74) is 6.41. The van der Waals surface area contributed by atoms with Gasteiger partial charge in [0, 0.05) is 0 Å². The van der Waals surface area contributed by atoms with Gasteiger partial charge in [0.05, 0.1) is 0 Å². The zero-order valence-corrected chi connectivity index (χ0v) is 26.2. The van der Waals surface area contributed by atoms with E-state index in [-0.39, 0.29) is 0 Å². The normalized spacial score (nSPS) is 14.3. The molecule has 0 saturated carbocycles. The van der Waals surface area contributed by atoms with E-state index in [0.717, 1.165) is 0 Å². The van der Waals surface area contributed by atoms with E-state index in [1.807, 2.05) is 0 Å². The first kappa shape index (κ1) is 28.1. The molecule has 186 valence electrons. The van der Waals surface area contributed by atoms with Crippen molar-refractivity contribution in [2.45, 2.75) is 27.7 Å². The minimum Gasteiger partial charge on any atom is -0.150 e. The summed E-state index contributed by atoms with van der Waals surface area (Å²) in [5, 5.41) is 5.68. The topological polar surface area (TPSA) is 0 Å². The Bertz CT molecular complexity index is 1500. The third-order valence-electron chi connectivity index (χ3n) is 7.13. The van der Waals surface area contributed by atoms with Gasteiger partial charge in [-0.1, -0.05) is 68.7 Å². The average molecular weight is 586 g/mol. The molecule has 5 aromatic rings. The van der Waals surface area contributed by atoms with Gasteiger partial charge in [0.2, 0.25) is 0 Å². The molecule has 0 heterocycles. The third-order valence-corrected chi connectivity index (χ3v) is 13.2. The maximum absolute atomic E-state index is 3.36. The van der Waals surface area contributed by atoms with E-state index in [0.29, 0.717) is 5.92 Å². The monoisotopic (exact) mass is 584 g/mol. The number of hydrogen-bond donors (Lipinski definition) is 0. The van der Waals surface area contributed by atoms with Crippen LogP contribution in [0, 0.1) is 12.0 Å². The third kappa shape index (κ3) is 7.13. The molecular formula is C36H34SiZr. The van der Waals surface area contributed by atoms with Gasteiger partial charge in [-0.2, -0.15) is 11.1 Å². The van der Waals surface area contributed by atoms with Gasteiger partial charge in [0.1, 0.15) is 0 Å². The molecule has 0 aromatic heterocycles. The molecule has 1 aliphatic carbocycles. The molecular weight excluding hydrogens is 552 g/mol. The molecule has 6 rings (SSSR count). The van der Waals surface area contributed by atoms with Crippen molar-refractivity contribution < 1.29 is 23.3 Å². The molecule has 0 bridgehead atoms. The molecule has 5 aromatic carbocycles. The SMILES string of the molecule is CC1=[C-]C(C)C(C)=C1C.[Zr+2]=[Si](c1ccccc1)c1ccccc1.c1ccc(-c2c[cH-]c3ccccc23)cc1. The fourth-order valence-corrected chi connectivity index (χ4v) is 8.40. The van der Waals surface area contributed by atoms with Crippen molar-refractivity contribution in [1.82, 2.24) is 0 Å². The Hall–Kier alpha value is -2.93. The summed E-state index contributed by atoms with van der Waals surface area (Å²) < 4.78 is 0. The number of fused-ring (bicyclic) bond motifs is 1. The van der Waals surface area contributed by atoms with Gasteiger partial charge in [0.15, 0.2) is 0 Å². The van der Waals surface area contributed by atoms with Crippen molar-refractivity contribution in [3.63, 3.8) is 0 Å². The Morgan fingerprint density at radius 3 is 1.66 bits per heavy atom. The second-order valence-electron chi connectivity index (χ2n) is 9.61. The second kappa shape index (κ2) is 13.7. The number of hydrogen-bond acceptors (Lipinski definition) is 0. The molecule has 0 aliphatic heterocycles. The van der Waals surface area contributed by atoms with Crippen molar-refractivity contribution in [3.8, 4) is 11.1 Å². The van der Waals surface area contributed by atoms with Gasteiger partial charge in [-0.25, -0.2) is 5.57 Å². The van der Waals surface area contributed by atoms with Crippen LogP contribution in [-0.4, -0.2) is 5.43 Å². The molecule has 0 fully saturated rings. The predicted octanol–water partition coefficient (Wildman–Crippen LogP) is 8.29. The first-order valence-corrected chi connectivity index (χ1v) is 18.3. The molecule has 0 radical (unpaired) electrons. The number of benzene rings is 4. The second-order valence-corrected chi connectivity index (χ2v) is 15.2. The average Bonchev–Trinajstić information content (AvgIpc) is 3.51. The minimum atomic E-state index is -0.455. The smallest absolute Gasteiger partial charge is 0.0623 e. The summed E-state index contributed by atoms with van der Waals surface area (Å²) in [5.74, 6) is 0.560. The van der Waals surface area contributed by atoms with Gasteiger partial charge in [-0.15, -0.1) is 53.6 Å². The Morgan fingerprint density at radius 2 is 1.18 bits per heavy atom. The van der Waals surface area contributed by atoms with Crippen LogP contribution in [0.2, 0.25) is 0 Å². The summed E-state index contributed by atoms with van der Waals surface area (Å²) in [6, 6.07) is 45.1. The predicted molar refractivity (Wildman–Crippen MR) is 163 cm³/mol. The van der Waals surface area contributed by atoms with Crippen LogP contribution in [0.5, 0.6) is 0 Å². The summed E-state index contributed by atoms with van der Waals surface area (Å²) in [6.07, 6.45) is 3.36. The Kier molecular flexibility index (Phi) is 10.2. The van der Waals surface area contributed by atoms with E-state index in [1.54, 1.807) is 23.3 Å². The molecule has 1 atom stereocenters. The van der Waals surface area contributed by atoms with E-state index in [1.165, 1.54) is 49.0 Å². The summed E-state index contributed by atoms with van der Waals surface area (Å²) in [4.78, 5) is 0. The van der Waals surface area contributed by atoms with E-state index in [4.69, 9.17) is 0 Å². The molecule has 2 heteroatoms. The first-order valence-electron chi connectivity index (χ1n) is 13.1. The first-order chi connectivity index (χ1) is 18.5. The van der Waals surface area contributed by atoms with Crippen LogP contribution in [0.25, 0.3) is 21.9 Å². The molecule has 0 amide bonds. The van der Waals surface area contributed by atoms with Crippen molar-refractivity contribution >= 4 is 26.6 Å². The quantitative estimate of drug-likeness (QED) is 0.148. The Morgan fingerprint density at radius 1 is 0.684 bits per heavy atom. The fourth-order valence-electron chi connectivity index (χ4n) is 4.56. The van der Waals surface area contributed by atoms with Gasteiger partial charge in [0.25, 0.3) is 0 Å². The van der Waals surface area contributed by atoms with Crippen molar-refractivity contribution in [2.75, 3.05) is 0 Å². The Balaban J connectivity index is 0.000000137. The van der Waals surface area contributed by atoms with Crippen molar-refractivity contribution in [2.24, 2.45) is 5.92 Å². The zero-order chi connectivity index (χ0) is 26.9. The molecule has 0 nitrogen and oxygen atoms in total. The summed E-state index contributed by atoms with van der Waals surface area (Å²) in [6.45, 7) is 8.67. The van der Waals surface area contributed by atoms with Crippen LogP contribution in [0.15, 0.2) is 144 Å². The van der Waals surface area contributed by atoms with Gasteiger partial charge < -0.3 is 0 Å². The maximum atomic E-state index is 3.36. The van der Waals surface area contributed by atoms with Gasteiger partial charge in [-0.3, -0.25) is 6.08 Å². The summed E-state index contributed by atoms with van der Waals surface area (Å²) in [7, 11) is 0. The molecule has 0 saturated heterocycles. The van der Waals surface area contributed by atoms with Crippen LogP contribution in [0.1, 0.15) is 27.7 Å². The van der Waals surface area contributed by atoms with Gasteiger partial charge in [-0.05, 0) is 0 Å². The van der Waals surface area contributed by atoms with E-state index in [9.17, 15) is 0 Å². The maximum Gasteiger partial charge on any atom is -0.0623 e. The number of allylic oxidation sites excluding steroid dienone is 4. The molecule has 1 aliphatic rings. The van der Waals surface area contributed by atoms with Gasteiger partial charge >= 0.3 is 99.8 Å². The van der Waals surface area contributed by atoms with Crippen LogP contribution < -0.4 is 10.4 Å². The molecule has 1 unspecified atom stereocenters. The van der Waals surface area contributed by atoms with E-state index >= 15 is 0 Å². The molecule has 0 spiro atoms. The van der Waals surface area contributed by atoms with Crippen molar-refractivity contribution in [1.29, 1.82) is 0 Å². The van der Waals surface area contributed by atoms with E-state index in [2.05, 4.69) is 161 Å². The van der Waals surface area contributed by atoms with Crippen LogP contribution in [-0.2, 0) is 23.3 Å². The number of rotatable bonds is 3. The van der Waals surface area contributed by atoms with Crippen LogP contribution >= 0.6 is 0 Å². The minimum absolute atomic E-state index is 0.455. The molecule has 0 N–H and O–H groups in total. The molecule has 38 heavy (non-hydrogen) atoms. The van der Waals surface area contributed by atoms with E-state index < -0.39 is 5.43 Å². The standard InChI is InChI=1S/C15H11.C12H10Si.C9H13.Zr/c1-2-6-12(7-3-1)15-11-10-13-8-4-5-9-14(13)15;1-3-7-11(8-4-1)13-12-9-5-2-6-10-12;1-6-5-7(2)9(4)8(6)3;/h1-11H;1-10H;6H,1-4H3;/q-1;;-1;+2. The zero-order valence-electron chi connectivity index (χ0n) is 22.7. The summed E-state index contributed by atoms with van der Waals surface area (Å²) >= 11 is 1.64. The Labute approximate surface area is 243 Å². The largest absolute Gasteiger partial charge is 0.150 e. The van der Waals surface area contributed by atoms with Crippen molar-refractivity contribution in [3.05, 3.63) is 150 Å². The van der Waals surface area contributed by atoms with Crippen LogP contribution in [0.4, 0.5) is 0 Å².